The molecule has 1 heterocycles. The maximum absolute atomic E-state index is 12.7. The lowest BCUT2D eigenvalue weighted by molar-refractivity contribution is -0.152. The normalized spacial score (nSPS) is 15.9. The van der Waals surface area contributed by atoms with Crippen molar-refractivity contribution in [3.05, 3.63) is 89.5 Å². The van der Waals surface area contributed by atoms with Crippen LogP contribution in [-0.4, -0.2) is 30.9 Å². The molecule has 198 valence electrons. The van der Waals surface area contributed by atoms with Crippen molar-refractivity contribution in [3.8, 4) is 11.5 Å². The molecule has 7 heteroatoms. The Kier molecular flexibility index (Phi) is 8.46. The summed E-state index contributed by atoms with van der Waals surface area (Å²) in [5, 5.41) is 2.82. The molecule has 3 aromatic carbocycles. The highest BCUT2D eigenvalue weighted by Crippen LogP contribution is 2.33. The van der Waals surface area contributed by atoms with Crippen molar-refractivity contribution in [2.24, 2.45) is 5.92 Å². The molecule has 4 rings (SSSR count). The van der Waals surface area contributed by atoms with Crippen LogP contribution in [0.4, 0.5) is 5.69 Å². The number of esters is 1. The Hall–Kier alpha value is -4.13. The number of amides is 2. The Balaban J connectivity index is 1.31. The van der Waals surface area contributed by atoms with E-state index in [2.05, 4.69) is 31.3 Å². The number of aryl methyl sites for hydroxylation is 1. The molecule has 0 bridgehead atoms. The molecule has 1 aliphatic rings. The minimum absolute atomic E-state index is 0.0418. The molecule has 1 fully saturated rings. The minimum Gasteiger partial charge on any atom is -0.457 e. The number of anilines is 1. The molecule has 3 aromatic rings. The van der Waals surface area contributed by atoms with Crippen LogP contribution in [0.25, 0.3) is 0 Å². The zero-order valence-electron chi connectivity index (χ0n) is 22.3. The number of rotatable bonds is 9. The molecule has 0 aromatic heterocycles. The summed E-state index contributed by atoms with van der Waals surface area (Å²) >= 11 is 0. The van der Waals surface area contributed by atoms with E-state index in [4.69, 9.17) is 9.47 Å². The highest BCUT2D eigenvalue weighted by atomic mass is 16.5. The smallest absolute Gasteiger partial charge is 0.311 e. The van der Waals surface area contributed by atoms with Crippen LogP contribution in [0.1, 0.15) is 55.8 Å². The van der Waals surface area contributed by atoms with Gasteiger partial charge in [0.05, 0.1) is 12.0 Å². The maximum Gasteiger partial charge on any atom is 0.311 e. The standard InChI is InChI=1S/C31H34N2O5/c1-20(2)27-15-10-21(3)16-28(27)38-26-13-11-25(12-14-26)33-18-24(17-30(33)35)31(36)37-19-29(34)32-22(4)23-8-6-5-7-9-23/h5-16,20,22,24H,17-19H2,1-4H3,(H,32,34)/t22-,24-/m1/s1. The highest BCUT2D eigenvalue weighted by molar-refractivity contribution is 5.99. The van der Waals surface area contributed by atoms with E-state index in [9.17, 15) is 14.4 Å². The second-order valence-electron chi connectivity index (χ2n) is 10.0. The fourth-order valence-corrected chi connectivity index (χ4v) is 4.51. The van der Waals surface area contributed by atoms with Crippen LogP contribution in [0.2, 0.25) is 0 Å². The SMILES string of the molecule is Cc1ccc(C(C)C)c(Oc2ccc(N3C[C@H](C(=O)OCC(=O)N[C@H](C)c4ccccc4)CC3=O)cc2)c1. The lowest BCUT2D eigenvalue weighted by Crippen LogP contribution is -2.32. The molecule has 1 saturated heterocycles. The molecule has 38 heavy (non-hydrogen) atoms. The van der Waals surface area contributed by atoms with Crippen molar-refractivity contribution >= 4 is 23.5 Å². The zero-order chi connectivity index (χ0) is 27.2. The number of hydrogen-bond donors (Lipinski definition) is 1. The van der Waals surface area contributed by atoms with Crippen molar-refractivity contribution in [1.29, 1.82) is 0 Å². The summed E-state index contributed by atoms with van der Waals surface area (Å²) in [6, 6.07) is 22.8. The van der Waals surface area contributed by atoms with Gasteiger partial charge in [-0.3, -0.25) is 14.4 Å². The lowest BCUT2D eigenvalue weighted by atomic mass is 10.0. The predicted octanol–water partition coefficient (Wildman–Crippen LogP) is 5.68. The van der Waals surface area contributed by atoms with Gasteiger partial charge in [-0.2, -0.15) is 0 Å². The van der Waals surface area contributed by atoms with Gasteiger partial charge in [0.25, 0.3) is 5.91 Å². The van der Waals surface area contributed by atoms with Crippen LogP contribution >= 0.6 is 0 Å². The number of hydrogen-bond acceptors (Lipinski definition) is 5. The first-order chi connectivity index (χ1) is 18.2. The summed E-state index contributed by atoms with van der Waals surface area (Å²) in [6.07, 6.45) is 0.0418. The highest BCUT2D eigenvalue weighted by Gasteiger charge is 2.36. The van der Waals surface area contributed by atoms with Gasteiger partial charge in [-0.05, 0) is 66.8 Å². The number of nitrogens with one attached hydrogen (secondary N) is 1. The van der Waals surface area contributed by atoms with E-state index >= 15 is 0 Å². The van der Waals surface area contributed by atoms with Gasteiger partial charge in [0, 0.05) is 18.7 Å². The fraction of sp³-hybridized carbons (Fsp3) is 0.323. The number of ether oxygens (including phenoxy) is 2. The van der Waals surface area contributed by atoms with Crippen molar-refractivity contribution in [3.63, 3.8) is 0 Å². The molecule has 0 unspecified atom stereocenters. The number of nitrogens with zero attached hydrogens (tertiary/aromatic N) is 1. The average Bonchev–Trinajstić information content (AvgIpc) is 3.29. The molecule has 7 nitrogen and oxygen atoms in total. The summed E-state index contributed by atoms with van der Waals surface area (Å²) in [4.78, 5) is 39.1. The van der Waals surface area contributed by atoms with E-state index in [0.29, 0.717) is 17.4 Å². The van der Waals surface area contributed by atoms with E-state index in [1.165, 1.54) is 0 Å². The van der Waals surface area contributed by atoms with E-state index in [1.54, 1.807) is 4.90 Å². The predicted molar refractivity (Wildman–Crippen MR) is 146 cm³/mol. The first-order valence-electron chi connectivity index (χ1n) is 12.9. The maximum atomic E-state index is 12.7. The monoisotopic (exact) mass is 514 g/mol. The molecule has 1 aliphatic heterocycles. The van der Waals surface area contributed by atoms with Crippen LogP contribution in [-0.2, 0) is 19.1 Å². The topological polar surface area (TPSA) is 84.9 Å². The van der Waals surface area contributed by atoms with Crippen LogP contribution < -0.4 is 15.0 Å². The third-order valence-electron chi connectivity index (χ3n) is 6.65. The van der Waals surface area contributed by atoms with Gasteiger partial charge in [-0.1, -0.05) is 56.3 Å². The van der Waals surface area contributed by atoms with E-state index in [-0.39, 0.29) is 37.4 Å². The van der Waals surface area contributed by atoms with Gasteiger partial charge >= 0.3 is 5.97 Å². The Morgan fingerprint density at radius 1 is 1.00 bits per heavy atom. The fourth-order valence-electron chi connectivity index (χ4n) is 4.51. The van der Waals surface area contributed by atoms with Crippen LogP contribution in [0, 0.1) is 12.8 Å². The zero-order valence-corrected chi connectivity index (χ0v) is 22.3. The van der Waals surface area contributed by atoms with Gasteiger partial charge in [-0.25, -0.2) is 0 Å². The molecular formula is C31H34N2O5. The molecule has 0 spiro atoms. The summed E-state index contributed by atoms with van der Waals surface area (Å²) in [6.45, 7) is 7.96. The average molecular weight is 515 g/mol. The van der Waals surface area contributed by atoms with E-state index < -0.39 is 11.9 Å². The Morgan fingerprint density at radius 3 is 2.39 bits per heavy atom. The van der Waals surface area contributed by atoms with Gasteiger partial charge in [0.15, 0.2) is 6.61 Å². The lowest BCUT2D eigenvalue weighted by Gasteiger charge is -2.18. The second-order valence-corrected chi connectivity index (χ2v) is 10.0. The molecule has 0 radical (unpaired) electrons. The van der Waals surface area contributed by atoms with Crippen LogP contribution in [0.15, 0.2) is 72.8 Å². The van der Waals surface area contributed by atoms with Crippen molar-refractivity contribution < 1.29 is 23.9 Å². The van der Waals surface area contributed by atoms with Gasteiger partial charge in [-0.15, -0.1) is 0 Å². The molecule has 0 aliphatic carbocycles. The number of carbonyl (C=O) groups is 3. The van der Waals surface area contributed by atoms with Gasteiger partial charge in [0.1, 0.15) is 11.5 Å². The third kappa shape index (κ3) is 6.59. The van der Waals surface area contributed by atoms with Gasteiger partial charge < -0.3 is 19.7 Å². The Bertz CT molecular complexity index is 1290. The molecule has 2 atom stereocenters. The quantitative estimate of drug-likeness (QED) is 0.371. The minimum atomic E-state index is -0.626. The van der Waals surface area contributed by atoms with E-state index in [1.807, 2.05) is 74.5 Å². The summed E-state index contributed by atoms with van der Waals surface area (Å²) in [7, 11) is 0. The van der Waals surface area contributed by atoms with E-state index in [0.717, 1.165) is 22.4 Å². The van der Waals surface area contributed by atoms with Crippen LogP contribution in [0.5, 0.6) is 11.5 Å². The Labute approximate surface area is 223 Å². The Morgan fingerprint density at radius 2 is 1.71 bits per heavy atom. The molecule has 2 amide bonds. The summed E-state index contributed by atoms with van der Waals surface area (Å²) < 4.78 is 11.4. The summed E-state index contributed by atoms with van der Waals surface area (Å²) in [5.74, 6) is 0.0728. The molecule has 0 saturated carbocycles. The largest absolute Gasteiger partial charge is 0.457 e. The van der Waals surface area contributed by atoms with Crippen molar-refractivity contribution in [1.82, 2.24) is 5.32 Å². The van der Waals surface area contributed by atoms with Crippen molar-refractivity contribution in [2.75, 3.05) is 18.1 Å². The first kappa shape index (κ1) is 26.9. The van der Waals surface area contributed by atoms with Crippen LogP contribution in [0.3, 0.4) is 0 Å². The number of benzene rings is 3. The second kappa shape index (κ2) is 11.9. The number of carbonyl (C=O) groups excluding carboxylic acids is 3. The van der Waals surface area contributed by atoms with Crippen molar-refractivity contribution in [2.45, 2.75) is 46.1 Å². The molecular weight excluding hydrogens is 480 g/mol. The summed E-state index contributed by atoms with van der Waals surface area (Å²) in [5.41, 5.74) is 3.88. The third-order valence-corrected chi connectivity index (χ3v) is 6.65. The first-order valence-corrected chi connectivity index (χ1v) is 12.9. The van der Waals surface area contributed by atoms with Gasteiger partial charge in [0.2, 0.25) is 5.91 Å². The molecule has 1 N–H and O–H groups in total.